The summed E-state index contributed by atoms with van der Waals surface area (Å²) in [6, 6.07) is 0. The van der Waals surface area contributed by atoms with E-state index in [4.69, 9.17) is 0 Å². The minimum atomic E-state index is -0.995. The Morgan fingerprint density at radius 2 is 2.00 bits per heavy atom. The van der Waals surface area contributed by atoms with E-state index in [9.17, 15) is 9.59 Å². The first-order valence-corrected chi connectivity index (χ1v) is 3.11. The molecule has 0 aliphatic carbocycles. The minimum absolute atomic E-state index is 0.292. The summed E-state index contributed by atoms with van der Waals surface area (Å²) in [4.78, 5) is 20.9. The van der Waals surface area contributed by atoms with E-state index in [0.717, 1.165) is 6.08 Å². The molecular formula is C7H10O4. The van der Waals surface area contributed by atoms with Crippen LogP contribution in [0.1, 0.15) is 13.8 Å². The highest BCUT2D eigenvalue weighted by Crippen LogP contribution is 1.92. The lowest BCUT2D eigenvalue weighted by atomic mass is 10.5. The quantitative estimate of drug-likeness (QED) is 0.345. The van der Waals surface area contributed by atoms with Crippen LogP contribution in [0.15, 0.2) is 12.7 Å². The number of rotatable bonds is 2. The van der Waals surface area contributed by atoms with Gasteiger partial charge in [-0.1, -0.05) is 6.58 Å². The van der Waals surface area contributed by atoms with Gasteiger partial charge in [0.15, 0.2) is 0 Å². The average molecular weight is 158 g/mol. The van der Waals surface area contributed by atoms with Crippen molar-refractivity contribution >= 4 is 12.1 Å². The summed E-state index contributed by atoms with van der Waals surface area (Å²) >= 11 is 0. The van der Waals surface area contributed by atoms with Crippen LogP contribution in [0.2, 0.25) is 0 Å². The van der Waals surface area contributed by atoms with Crippen molar-refractivity contribution in [3.63, 3.8) is 0 Å². The predicted octanol–water partition coefficient (Wildman–Crippen LogP) is 1.26. The Morgan fingerprint density at radius 3 is 2.36 bits per heavy atom. The maximum absolute atomic E-state index is 10.5. The van der Waals surface area contributed by atoms with Gasteiger partial charge in [0.05, 0.1) is 6.10 Å². The molecule has 0 unspecified atom stereocenters. The van der Waals surface area contributed by atoms with Crippen LogP contribution in [0.5, 0.6) is 0 Å². The summed E-state index contributed by atoms with van der Waals surface area (Å²) in [5.74, 6) is -0.810. The highest BCUT2D eigenvalue weighted by Gasteiger charge is 2.09. The molecule has 0 bridgehead atoms. The first-order chi connectivity index (χ1) is 5.06. The summed E-state index contributed by atoms with van der Waals surface area (Å²) in [7, 11) is 0. The molecule has 0 spiro atoms. The van der Waals surface area contributed by atoms with Gasteiger partial charge in [0, 0.05) is 6.08 Å². The van der Waals surface area contributed by atoms with E-state index in [1.165, 1.54) is 0 Å². The van der Waals surface area contributed by atoms with Crippen LogP contribution in [0.4, 0.5) is 4.79 Å². The Morgan fingerprint density at radius 1 is 1.45 bits per heavy atom. The Kier molecular flexibility index (Phi) is 3.95. The van der Waals surface area contributed by atoms with E-state index in [0.29, 0.717) is 0 Å². The standard InChI is InChI=1S/C7H10O4/c1-4-6(8)11-7(9)10-5(2)3/h4-5H,1H2,2-3H3. The molecule has 0 heterocycles. The van der Waals surface area contributed by atoms with Gasteiger partial charge < -0.3 is 9.47 Å². The van der Waals surface area contributed by atoms with Gasteiger partial charge in [-0.15, -0.1) is 0 Å². The van der Waals surface area contributed by atoms with Crippen molar-refractivity contribution < 1.29 is 19.1 Å². The van der Waals surface area contributed by atoms with Gasteiger partial charge in [0.1, 0.15) is 0 Å². The molecule has 0 aromatic heterocycles. The Labute approximate surface area is 64.8 Å². The first-order valence-electron chi connectivity index (χ1n) is 3.11. The lowest BCUT2D eigenvalue weighted by Gasteiger charge is -2.04. The minimum Gasteiger partial charge on any atom is -0.431 e. The summed E-state index contributed by atoms with van der Waals surface area (Å²) in [5, 5.41) is 0. The lowest BCUT2D eigenvalue weighted by molar-refractivity contribution is -0.134. The highest BCUT2D eigenvalue weighted by molar-refractivity contribution is 5.89. The fourth-order valence-corrected chi connectivity index (χ4v) is 0.340. The fourth-order valence-electron chi connectivity index (χ4n) is 0.340. The number of hydrogen-bond acceptors (Lipinski definition) is 4. The number of carbonyl (C=O) groups is 2. The van der Waals surface area contributed by atoms with Crippen LogP contribution in [0.25, 0.3) is 0 Å². The second-order valence-electron chi connectivity index (χ2n) is 2.04. The molecule has 0 aliphatic heterocycles. The van der Waals surface area contributed by atoms with Gasteiger partial charge in [-0.05, 0) is 13.8 Å². The fraction of sp³-hybridized carbons (Fsp3) is 0.429. The van der Waals surface area contributed by atoms with Crippen LogP contribution in [-0.2, 0) is 14.3 Å². The van der Waals surface area contributed by atoms with Crippen LogP contribution < -0.4 is 0 Å². The smallest absolute Gasteiger partial charge is 0.431 e. The molecule has 0 radical (unpaired) electrons. The zero-order valence-electron chi connectivity index (χ0n) is 6.49. The van der Waals surface area contributed by atoms with Crippen molar-refractivity contribution in [2.75, 3.05) is 0 Å². The molecule has 4 nitrogen and oxygen atoms in total. The van der Waals surface area contributed by atoms with Crippen LogP contribution in [-0.4, -0.2) is 18.2 Å². The Balaban J connectivity index is 3.69. The van der Waals surface area contributed by atoms with Crippen LogP contribution >= 0.6 is 0 Å². The lowest BCUT2D eigenvalue weighted by Crippen LogP contribution is -2.15. The molecule has 0 rings (SSSR count). The maximum Gasteiger partial charge on any atom is 0.516 e. The molecule has 11 heavy (non-hydrogen) atoms. The third kappa shape index (κ3) is 5.14. The van der Waals surface area contributed by atoms with Crippen LogP contribution in [0.3, 0.4) is 0 Å². The van der Waals surface area contributed by atoms with E-state index in [-0.39, 0.29) is 6.10 Å². The topological polar surface area (TPSA) is 52.6 Å². The van der Waals surface area contributed by atoms with Crippen LogP contribution in [0, 0.1) is 0 Å². The number of carbonyl (C=O) groups excluding carboxylic acids is 2. The van der Waals surface area contributed by atoms with E-state index in [2.05, 4.69) is 16.1 Å². The Bertz CT molecular complexity index is 171. The van der Waals surface area contributed by atoms with Crippen molar-refractivity contribution in [2.24, 2.45) is 0 Å². The monoisotopic (exact) mass is 158 g/mol. The molecule has 4 heteroatoms. The molecule has 0 aliphatic rings. The molecule has 0 saturated carbocycles. The zero-order valence-corrected chi connectivity index (χ0v) is 6.49. The molecule has 0 saturated heterocycles. The highest BCUT2D eigenvalue weighted by atomic mass is 16.7. The predicted molar refractivity (Wildman–Crippen MR) is 37.9 cm³/mol. The average Bonchev–Trinajstić information content (AvgIpc) is 1.85. The molecular weight excluding hydrogens is 148 g/mol. The van der Waals surface area contributed by atoms with E-state index in [1.54, 1.807) is 13.8 Å². The number of ether oxygens (including phenoxy) is 2. The zero-order chi connectivity index (χ0) is 8.85. The van der Waals surface area contributed by atoms with Crippen molar-refractivity contribution in [3.05, 3.63) is 12.7 Å². The van der Waals surface area contributed by atoms with Crippen molar-refractivity contribution in [3.8, 4) is 0 Å². The van der Waals surface area contributed by atoms with Gasteiger partial charge in [0.25, 0.3) is 0 Å². The van der Waals surface area contributed by atoms with Crippen molar-refractivity contribution in [1.82, 2.24) is 0 Å². The molecule has 0 N–H and O–H groups in total. The molecule has 0 fully saturated rings. The maximum atomic E-state index is 10.5. The molecule has 62 valence electrons. The van der Waals surface area contributed by atoms with Crippen molar-refractivity contribution in [2.45, 2.75) is 20.0 Å². The third-order valence-electron chi connectivity index (χ3n) is 0.683. The normalized spacial score (nSPS) is 9.00. The van der Waals surface area contributed by atoms with E-state index in [1.807, 2.05) is 0 Å². The molecule has 0 atom stereocenters. The summed E-state index contributed by atoms with van der Waals surface area (Å²) in [6.07, 6.45) is -0.397. The SMILES string of the molecule is C=CC(=O)OC(=O)OC(C)C. The van der Waals surface area contributed by atoms with Crippen molar-refractivity contribution in [1.29, 1.82) is 0 Å². The summed E-state index contributed by atoms with van der Waals surface area (Å²) in [6.45, 7) is 6.42. The number of hydrogen-bond donors (Lipinski definition) is 0. The number of esters is 1. The molecule has 0 amide bonds. The van der Waals surface area contributed by atoms with Gasteiger partial charge in [0.2, 0.25) is 0 Å². The molecule has 0 aromatic rings. The van der Waals surface area contributed by atoms with Gasteiger partial charge in [-0.3, -0.25) is 0 Å². The molecule has 0 aromatic carbocycles. The van der Waals surface area contributed by atoms with Gasteiger partial charge in [-0.25, -0.2) is 9.59 Å². The first kappa shape index (κ1) is 9.68. The second-order valence-corrected chi connectivity index (χ2v) is 2.04. The third-order valence-corrected chi connectivity index (χ3v) is 0.683. The van der Waals surface area contributed by atoms with E-state index >= 15 is 0 Å². The largest absolute Gasteiger partial charge is 0.516 e. The van der Waals surface area contributed by atoms with Gasteiger partial charge in [-0.2, -0.15) is 0 Å². The Hall–Kier alpha value is -1.32. The van der Waals surface area contributed by atoms with E-state index < -0.39 is 12.1 Å². The second kappa shape index (κ2) is 4.49. The summed E-state index contributed by atoms with van der Waals surface area (Å²) < 4.78 is 8.59. The summed E-state index contributed by atoms with van der Waals surface area (Å²) in [5.41, 5.74) is 0. The van der Waals surface area contributed by atoms with Gasteiger partial charge >= 0.3 is 12.1 Å².